The number of hydrogen-bond donors (Lipinski definition) is 1. The van der Waals surface area contributed by atoms with Gasteiger partial charge in [0.15, 0.2) is 5.82 Å². The summed E-state index contributed by atoms with van der Waals surface area (Å²) in [6, 6.07) is 10.6. The lowest BCUT2D eigenvalue weighted by Gasteiger charge is -2.12. The third-order valence-electron chi connectivity index (χ3n) is 2.88. The number of benzene rings is 1. The minimum Gasteiger partial charge on any atom is -0.494 e. The zero-order chi connectivity index (χ0) is 15.9. The van der Waals surface area contributed by atoms with Gasteiger partial charge in [-0.25, -0.2) is 4.98 Å². The van der Waals surface area contributed by atoms with Crippen LogP contribution in [-0.4, -0.2) is 18.0 Å². The molecule has 0 aliphatic carbocycles. The van der Waals surface area contributed by atoms with Crippen LogP contribution in [0.5, 0.6) is 5.75 Å². The van der Waals surface area contributed by atoms with Gasteiger partial charge in [0.25, 0.3) is 0 Å². The minimum absolute atomic E-state index is 0.0684. The third kappa shape index (κ3) is 4.12. The van der Waals surface area contributed by atoms with Gasteiger partial charge in [-0.3, -0.25) is 4.79 Å². The number of azo groups is 1. The van der Waals surface area contributed by atoms with Crippen LogP contribution in [0.2, 0.25) is 0 Å². The fourth-order valence-corrected chi connectivity index (χ4v) is 1.64. The van der Waals surface area contributed by atoms with Crippen molar-refractivity contribution in [3.8, 4) is 5.75 Å². The summed E-state index contributed by atoms with van der Waals surface area (Å²) < 4.78 is 5.29. The van der Waals surface area contributed by atoms with Gasteiger partial charge in [0.2, 0.25) is 5.91 Å². The Kier molecular flexibility index (Phi) is 5.19. The van der Waals surface area contributed by atoms with E-state index < -0.39 is 0 Å². The Labute approximate surface area is 129 Å². The molecule has 2 rings (SSSR count). The number of rotatable bonds is 5. The molecular formula is C16H18N4O2. The second kappa shape index (κ2) is 7.31. The molecule has 114 valence electrons. The molecule has 6 nitrogen and oxygen atoms in total. The molecule has 1 amide bonds. The van der Waals surface area contributed by atoms with E-state index in [1.54, 1.807) is 37.6 Å². The number of ether oxygens (including phenoxy) is 1. The van der Waals surface area contributed by atoms with Crippen LogP contribution in [0.25, 0.3) is 0 Å². The van der Waals surface area contributed by atoms with Crippen LogP contribution in [0.1, 0.15) is 13.8 Å². The fourth-order valence-electron chi connectivity index (χ4n) is 1.64. The van der Waals surface area contributed by atoms with Gasteiger partial charge in [-0.05, 0) is 24.3 Å². The summed E-state index contributed by atoms with van der Waals surface area (Å²) in [5, 5.41) is 11.0. The van der Waals surface area contributed by atoms with Crippen molar-refractivity contribution in [2.45, 2.75) is 13.8 Å². The maximum absolute atomic E-state index is 11.8. The van der Waals surface area contributed by atoms with Gasteiger partial charge in [0, 0.05) is 18.2 Å². The highest BCUT2D eigenvalue weighted by Gasteiger charge is 2.11. The Morgan fingerprint density at radius 3 is 2.68 bits per heavy atom. The van der Waals surface area contributed by atoms with Crippen molar-refractivity contribution < 1.29 is 9.53 Å². The summed E-state index contributed by atoms with van der Waals surface area (Å²) in [5.74, 6) is 0.888. The van der Waals surface area contributed by atoms with Gasteiger partial charge < -0.3 is 10.1 Å². The zero-order valence-electron chi connectivity index (χ0n) is 12.8. The van der Waals surface area contributed by atoms with Gasteiger partial charge in [0.05, 0.1) is 18.5 Å². The average Bonchev–Trinajstić information content (AvgIpc) is 2.54. The Morgan fingerprint density at radius 1 is 1.23 bits per heavy atom. The van der Waals surface area contributed by atoms with Gasteiger partial charge in [-0.2, -0.15) is 0 Å². The van der Waals surface area contributed by atoms with Crippen molar-refractivity contribution in [2.24, 2.45) is 16.1 Å². The number of aromatic nitrogens is 1. The Morgan fingerprint density at radius 2 is 2.05 bits per heavy atom. The van der Waals surface area contributed by atoms with Gasteiger partial charge >= 0.3 is 0 Å². The van der Waals surface area contributed by atoms with Crippen molar-refractivity contribution >= 4 is 23.1 Å². The van der Waals surface area contributed by atoms with E-state index in [0.717, 1.165) is 0 Å². The molecule has 0 aliphatic heterocycles. The van der Waals surface area contributed by atoms with Crippen LogP contribution in [0.3, 0.4) is 0 Å². The van der Waals surface area contributed by atoms with E-state index >= 15 is 0 Å². The number of nitrogens with zero attached hydrogens (tertiary/aromatic N) is 3. The SMILES string of the molecule is COc1cc(/N=N\c2ccccn2)ccc1NC(=O)C(C)C. The average molecular weight is 298 g/mol. The van der Waals surface area contributed by atoms with Crippen molar-refractivity contribution in [3.63, 3.8) is 0 Å². The molecule has 0 fully saturated rings. The van der Waals surface area contributed by atoms with Crippen LogP contribution < -0.4 is 10.1 Å². The van der Waals surface area contributed by atoms with Crippen LogP contribution >= 0.6 is 0 Å². The quantitative estimate of drug-likeness (QED) is 0.844. The van der Waals surface area contributed by atoms with Crippen molar-refractivity contribution in [1.82, 2.24) is 4.98 Å². The zero-order valence-corrected chi connectivity index (χ0v) is 12.8. The highest BCUT2D eigenvalue weighted by atomic mass is 16.5. The minimum atomic E-state index is -0.103. The number of anilines is 1. The summed E-state index contributed by atoms with van der Waals surface area (Å²) in [4.78, 5) is 15.8. The first kappa shape index (κ1) is 15.6. The molecule has 0 saturated carbocycles. The molecular weight excluding hydrogens is 280 g/mol. The maximum atomic E-state index is 11.8. The molecule has 0 saturated heterocycles. The second-order valence-corrected chi connectivity index (χ2v) is 4.92. The predicted molar refractivity (Wildman–Crippen MR) is 84.9 cm³/mol. The van der Waals surface area contributed by atoms with Gasteiger partial charge in [-0.15, -0.1) is 10.2 Å². The number of methoxy groups -OCH3 is 1. The third-order valence-corrected chi connectivity index (χ3v) is 2.88. The van der Waals surface area contributed by atoms with Crippen LogP contribution in [0, 0.1) is 5.92 Å². The summed E-state index contributed by atoms with van der Waals surface area (Å²) in [7, 11) is 1.54. The largest absolute Gasteiger partial charge is 0.494 e. The first-order valence-corrected chi connectivity index (χ1v) is 6.92. The molecule has 6 heteroatoms. The molecule has 0 bridgehead atoms. The number of pyridine rings is 1. The molecule has 0 atom stereocenters. The van der Waals surface area contributed by atoms with Crippen LogP contribution in [0.4, 0.5) is 17.2 Å². The number of nitrogens with one attached hydrogen (secondary N) is 1. The first-order chi connectivity index (χ1) is 10.6. The van der Waals surface area contributed by atoms with Crippen molar-refractivity contribution in [3.05, 3.63) is 42.6 Å². The lowest BCUT2D eigenvalue weighted by atomic mass is 10.2. The number of carbonyl (C=O) groups is 1. The molecule has 22 heavy (non-hydrogen) atoms. The smallest absolute Gasteiger partial charge is 0.227 e. The van der Waals surface area contributed by atoms with E-state index in [9.17, 15) is 4.79 Å². The van der Waals surface area contributed by atoms with Crippen LogP contribution in [-0.2, 0) is 4.79 Å². The second-order valence-electron chi connectivity index (χ2n) is 4.92. The molecule has 0 aliphatic rings. The van der Waals surface area contributed by atoms with E-state index in [1.165, 1.54) is 0 Å². The molecule has 1 N–H and O–H groups in total. The standard InChI is InChI=1S/C16H18N4O2/c1-11(2)16(21)18-13-8-7-12(10-14(13)22-3)19-20-15-6-4-5-9-17-15/h4-11H,1-3H3,(H,18,21)/b20-19-. The molecule has 1 heterocycles. The summed E-state index contributed by atoms with van der Waals surface area (Å²) in [6.07, 6.45) is 1.65. The lowest BCUT2D eigenvalue weighted by Crippen LogP contribution is -2.18. The topological polar surface area (TPSA) is 75.9 Å². The summed E-state index contributed by atoms with van der Waals surface area (Å²) in [5.41, 5.74) is 1.23. The van der Waals surface area contributed by atoms with Crippen LogP contribution in [0.15, 0.2) is 52.8 Å². The number of carbonyl (C=O) groups excluding carboxylic acids is 1. The predicted octanol–water partition coefficient (Wildman–Crippen LogP) is 4.10. The Bertz CT molecular complexity index is 669. The molecule has 1 aromatic carbocycles. The number of amides is 1. The maximum Gasteiger partial charge on any atom is 0.227 e. The fraction of sp³-hybridized carbons (Fsp3) is 0.250. The van der Waals surface area contributed by atoms with E-state index in [4.69, 9.17) is 4.74 Å². The first-order valence-electron chi connectivity index (χ1n) is 6.92. The molecule has 0 unspecified atom stereocenters. The summed E-state index contributed by atoms with van der Waals surface area (Å²) in [6.45, 7) is 3.66. The van der Waals surface area contributed by atoms with E-state index in [2.05, 4.69) is 20.5 Å². The normalized spacial score (nSPS) is 10.9. The van der Waals surface area contributed by atoms with E-state index in [1.807, 2.05) is 26.0 Å². The number of hydrogen-bond acceptors (Lipinski definition) is 5. The highest BCUT2D eigenvalue weighted by Crippen LogP contribution is 2.30. The van der Waals surface area contributed by atoms with Gasteiger partial charge in [-0.1, -0.05) is 19.9 Å². The van der Waals surface area contributed by atoms with E-state index in [-0.39, 0.29) is 11.8 Å². The molecule has 1 aromatic heterocycles. The lowest BCUT2D eigenvalue weighted by molar-refractivity contribution is -0.118. The monoisotopic (exact) mass is 298 g/mol. The Hall–Kier alpha value is -2.76. The van der Waals surface area contributed by atoms with Gasteiger partial charge in [0.1, 0.15) is 5.75 Å². The molecule has 0 radical (unpaired) electrons. The van der Waals surface area contributed by atoms with E-state index in [0.29, 0.717) is 22.9 Å². The van der Waals surface area contributed by atoms with Crippen molar-refractivity contribution in [2.75, 3.05) is 12.4 Å². The highest BCUT2D eigenvalue weighted by molar-refractivity contribution is 5.93. The summed E-state index contributed by atoms with van der Waals surface area (Å²) >= 11 is 0. The van der Waals surface area contributed by atoms with Crippen molar-refractivity contribution in [1.29, 1.82) is 0 Å². The molecule has 0 spiro atoms. The molecule has 2 aromatic rings. The Balaban J connectivity index is 2.18.